The highest BCUT2D eigenvalue weighted by Crippen LogP contribution is 2.48. The lowest BCUT2D eigenvalue weighted by molar-refractivity contribution is -0.117. The highest BCUT2D eigenvalue weighted by atomic mass is 32.1. The van der Waals surface area contributed by atoms with Crippen LogP contribution < -0.4 is 10.1 Å². The number of benzene rings is 2. The normalized spacial score (nSPS) is 18.2. The molecule has 5 rings (SSSR count). The van der Waals surface area contributed by atoms with Crippen LogP contribution in [-0.4, -0.2) is 38.6 Å². The second kappa shape index (κ2) is 6.68. The number of hydrogen-bond donors (Lipinski definition) is 2. The average molecular weight is 392 g/mol. The predicted molar refractivity (Wildman–Crippen MR) is 105 cm³/mol. The summed E-state index contributed by atoms with van der Waals surface area (Å²) in [5, 5.41) is 17.6. The molecule has 2 atom stereocenters. The summed E-state index contributed by atoms with van der Waals surface area (Å²) in [6, 6.07) is 13.6. The Morgan fingerprint density at radius 1 is 1.25 bits per heavy atom. The molecule has 2 aromatic heterocycles. The Kier molecular flexibility index (Phi) is 4.01. The predicted octanol–water partition coefficient (Wildman–Crippen LogP) is 3.23. The minimum absolute atomic E-state index is 0.0123. The van der Waals surface area contributed by atoms with E-state index in [2.05, 4.69) is 30.9 Å². The molecule has 0 aliphatic heterocycles. The fourth-order valence-electron chi connectivity index (χ4n) is 3.30. The number of ether oxygens (including phenoxy) is 1. The van der Waals surface area contributed by atoms with Crippen LogP contribution in [0.5, 0.6) is 5.75 Å². The number of fused-ring (bicyclic) bond motifs is 1. The highest BCUT2D eigenvalue weighted by molar-refractivity contribution is 7.22. The van der Waals surface area contributed by atoms with Gasteiger partial charge in [0.1, 0.15) is 5.75 Å². The number of rotatable bonds is 5. The smallest absolute Gasteiger partial charge is 0.229 e. The third kappa shape index (κ3) is 3.09. The Morgan fingerprint density at radius 3 is 2.86 bits per heavy atom. The van der Waals surface area contributed by atoms with Gasteiger partial charge in [-0.05, 0) is 53.4 Å². The Hall–Kier alpha value is -3.33. The van der Waals surface area contributed by atoms with Gasteiger partial charge in [0.2, 0.25) is 11.7 Å². The standard InChI is InChI=1S/C19H16N6O2S/c1-27-12-5-2-10(3-6-12)13-9-14(13)18(26)21-19-20-15-7-4-11(8-16(15)28-19)17-22-24-25-23-17/h2-8,13-14H,9H2,1H3,(H,20,21,26)(H,22,23,24,25)/t13-,14+/m1/s1. The van der Waals surface area contributed by atoms with Crippen molar-refractivity contribution >= 4 is 32.6 Å². The van der Waals surface area contributed by atoms with Gasteiger partial charge in [-0.15, -0.1) is 10.2 Å². The Balaban J connectivity index is 1.29. The molecule has 8 nitrogen and oxygen atoms in total. The van der Waals surface area contributed by atoms with E-state index in [1.165, 1.54) is 11.3 Å². The molecule has 1 amide bonds. The number of H-pyrrole nitrogens is 1. The lowest BCUT2D eigenvalue weighted by Crippen LogP contribution is -2.14. The Morgan fingerprint density at radius 2 is 2.11 bits per heavy atom. The molecule has 9 heteroatoms. The average Bonchev–Trinajstić information content (AvgIpc) is 3.14. The number of amides is 1. The van der Waals surface area contributed by atoms with Gasteiger partial charge in [-0.3, -0.25) is 4.79 Å². The van der Waals surface area contributed by atoms with Gasteiger partial charge in [-0.2, -0.15) is 5.21 Å². The topological polar surface area (TPSA) is 106 Å². The molecule has 0 unspecified atom stereocenters. The summed E-state index contributed by atoms with van der Waals surface area (Å²) in [5.41, 5.74) is 2.84. The SMILES string of the molecule is COc1ccc([C@H]2C[C@@H]2C(=O)Nc2nc3ccc(-c4nn[nH]n4)cc3s2)cc1. The zero-order valence-electron chi connectivity index (χ0n) is 14.9. The summed E-state index contributed by atoms with van der Waals surface area (Å²) in [5.74, 6) is 1.60. The number of aromatic amines is 1. The van der Waals surface area contributed by atoms with Crippen LogP contribution in [0.4, 0.5) is 5.13 Å². The van der Waals surface area contributed by atoms with Crippen molar-refractivity contribution in [3.63, 3.8) is 0 Å². The molecule has 1 aliphatic carbocycles. The third-order valence-electron chi connectivity index (χ3n) is 4.89. The van der Waals surface area contributed by atoms with Gasteiger partial charge in [0, 0.05) is 11.5 Å². The minimum atomic E-state index is -0.0182. The van der Waals surface area contributed by atoms with E-state index >= 15 is 0 Å². The zero-order valence-corrected chi connectivity index (χ0v) is 15.7. The lowest BCUT2D eigenvalue weighted by Gasteiger charge is -2.03. The van der Waals surface area contributed by atoms with Crippen LogP contribution in [0.3, 0.4) is 0 Å². The van der Waals surface area contributed by atoms with E-state index in [0.717, 1.165) is 33.5 Å². The maximum atomic E-state index is 12.6. The van der Waals surface area contributed by atoms with E-state index in [4.69, 9.17) is 4.74 Å². The first-order valence-corrected chi connectivity index (χ1v) is 9.62. The van der Waals surface area contributed by atoms with E-state index in [-0.39, 0.29) is 17.7 Å². The monoisotopic (exact) mass is 392 g/mol. The fourth-order valence-corrected chi connectivity index (χ4v) is 4.21. The molecular formula is C19H16N6O2S. The largest absolute Gasteiger partial charge is 0.497 e. The maximum absolute atomic E-state index is 12.6. The minimum Gasteiger partial charge on any atom is -0.497 e. The van der Waals surface area contributed by atoms with Gasteiger partial charge in [0.05, 0.1) is 17.3 Å². The molecule has 0 saturated heterocycles. The number of hydrogen-bond acceptors (Lipinski definition) is 7. The van der Waals surface area contributed by atoms with Crippen molar-refractivity contribution in [3.8, 4) is 17.1 Å². The quantitative estimate of drug-likeness (QED) is 0.540. The number of methoxy groups -OCH3 is 1. The van der Waals surface area contributed by atoms with Crippen molar-refractivity contribution in [3.05, 3.63) is 48.0 Å². The van der Waals surface area contributed by atoms with Crippen molar-refractivity contribution in [1.82, 2.24) is 25.6 Å². The zero-order chi connectivity index (χ0) is 19.1. The second-order valence-corrected chi connectivity index (χ2v) is 7.68. The molecule has 4 aromatic rings. The third-order valence-corrected chi connectivity index (χ3v) is 5.83. The molecule has 0 radical (unpaired) electrons. The van der Waals surface area contributed by atoms with Gasteiger partial charge < -0.3 is 10.1 Å². The summed E-state index contributed by atoms with van der Waals surface area (Å²) in [6.07, 6.45) is 0.852. The number of carbonyl (C=O) groups excluding carboxylic acids is 1. The van der Waals surface area contributed by atoms with Gasteiger partial charge in [-0.25, -0.2) is 4.98 Å². The van der Waals surface area contributed by atoms with Crippen molar-refractivity contribution in [2.75, 3.05) is 12.4 Å². The molecular weight excluding hydrogens is 376 g/mol. The molecule has 28 heavy (non-hydrogen) atoms. The van der Waals surface area contributed by atoms with Crippen LogP contribution in [-0.2, 0) is 4.79 Å². The summed E-state index contributed by atoms with van der Waals surface area (Å²) >= 11 is 1.44. The van der Waals surface area contributed by atoms with E-state index in [1.54, 1.807) is 7.11 Å². The lowest BCUT2D eigenvalue weighted by atomic mass is 10.1. The number of nitrogens with one attached hydrogen (secondary N) is 2. The van der Waals surface area contributed by atoms with Crippen molar-refractivity contribution < 1.29 is 9.53 Å². The van der Waals surface area contributed by atoms with Crippen molar-refractivity contribution in [2.45, 2.75) is 12.3 Å². The number of carbonyl (C=O) groups is 1. The van der Waals surface area contributed by atoms with Gasteiger partial charge in [0.25, 0.3) is 0 Å². The summed E-state index contributed by atoms with van der Waals surface area (Å²) < 4.78 is 6.14. The number of aromatic nitrogens is 5. The number of nitrogens with zero attached hydrogens (tertiary/aromatic N) is 4. The Bertz CT molecular complexity index is 1140. The molecule has 1 aliphatic rings. The van der Waals surface area contributed by atoms with Gasteiger partial charge in [0.15, 0.2) is 5.13 Å². The van der Waals surface area contributed by atoms with Crippen LogP contribution in [0, 0.1) is 5.92 Å². The molecule has 2 aromatic carbocycles. The first kappa shape index (κ1) is 16.8. The fraction of sp³-hybridized carbons (Fsp3) is 0.211. The van der Waals surface area contributed by atoms with Crippen LogP contribution in [0.1, 0.15) is 17.9 Å². The maximum Gasteiger partial charge on any atom is 0.229 e. The van der Waals surface area contributed by atoms with E-state index < -0.39 is 0 Å². The van der Waals surface area contributed by atoms with Crippen LogP contribution >= 0.6 is 11.3 Å². The van der Waals surface area contributed by atoms with E-state index in [9.17, 15) is 4.79 Å². The van der Waals surface area contributed by atoms with E-state index in [0.29, 0.717) is 11.0 Å². The highest BCUT2D eigenvalue weighted by Gasteiger charge is 2.44. The van der Waals surface area contributed by atoms with Crippen molar-refractivity contribution in [2.24, 2.45) is 5.92 Å². The summed E-state index contributed by atoms with van der Waals surface area (Å²) in [7, 11) is 1.64. The molecule has 2 heterocycles. The molecule has 2 N–H and O–H groups in total. The van der Waals surface area contributed by atoms with Crippen LogP contribution in [0.2, 0.25) is 0 Å². The molecule has 0 bridgehead atoms. The Labute approximate surface area is 164 Å². The first-order valence-electron chi connectivity index (χ1n) is 8.80. The summed E-state index contributed by atoms with van der Waals surface area (Å²) in [4.78, 5) is 17.1. The van der Waals surface area contributed by atoms with Crippen molar-refractivity contribution in [1.29, 1.82) is 0 Å². The number of tetrazole rings is 1. The molecule has 1 saturated carbocycles. The summed E-state index contributed by atoms with van der Waals surface area (Å²) in [6.45, 7) is 0. The second-order valence-electron chi connectivity index (χ2n) is 6.65. The van der Waals surface area contributed by atoms with Crippen LogP contribution in [0.15, 0.2) is 42.5 Å². The first-order chi connectivity index (χ1) is 13.7. The van der Waals surface area contributed by atoms with Gasteiger partial charge in [-0.1, -0.05) is 23.5 Å². The number of thiazole rings is 1. The van der Waals surface area contributed by atoms with Gasteiger partial charge >= 0.3 is 0 Å². The van der Waals surface area contributed by atoms with Crippen LogP contribution in [0.25, 0.3) is 21.6 Å². The molecule has 140 valence electrons. The number of anilines is 1. The molecule has 1 fully saturated rings. The molecule has 0 spiro atoms. The van der Waals surface area contributed by atoms with E-state index in [1.807, 2.05) is 42.5 Å².